The second kappa shape index (κ2) is 6.86. The predicted molar refractivity (Wildman–Crippen MR) is 95.8 cm³/mol. The second-order valence-corrected chi connectivity index (χ2v) is 6.82. The van der Waals surface area contributed by atoms with Gasteiger partial charge in [-0.1, -0.05) is 39.0 Å². The second-order valence-electron chi connectivity index (χ2n) is 6.82. The molecule has 2 rings (SSSR count). The molecule has 0 saturated carbocycles. The zero-order chi connectivity index (χ0) is 17.0. The van der Waals surface area contributed by atoms with Crippen LogP contribution in [0.25, 0.3) is 0 Å². The summed E-state index contributed by atoms with van der Waals surface area (Å²) < 4.78 is 5.15. The van der Waals surface area contributed by atoms with Gasteiger partial charge in [0, 0.05) is 17.3 Å². The Morgan fingerprint density at radius 2 is 1.78 bits per heavy atom. The first-order valence-electron chi connectivity index (χ1n) is 7.78. The summed E-state index contributed by atoms with van der Waals surface area (Å²) in [4.78, 5) is 4.47. The van der Waals surface area contributed by atoms with Gasteiger partial charge in [-0.2, -0.15) is 0 Å². The lowest BCUT2D eigenvalue weighted by Gasteiger charge is -2.22. The third-order valence-electron chi connectivity index (χ3n) is 3.76. The number of aliphatic imine (C=N–C) groups is 1. The SMILES string of the molecule is COc1ccc(CN=Cc2cc(C)cc(C(C)(C)C)c2O)cc1. The molecule has 0 aliphatic heterocycles. The van der Waals surface area contributed by atoms with Gasteiger partial charge in [-0.3, -0.25) is 4.99 Å². The molecular weight excluding hydrogens is 286 g/mol. The van der Waals surface area contributed by atoms with Crippen LogP contribution in [0, 0.1) is 6.92 Å². The van der Waals surface area contributed by atoms with E-state index in [0.717, 1.165) is 28.0 Å². The molecule has 2 aromatic carbocycles. The minimum absolute atomic E-state index is 0.103. The van der Waals surface area contributed by atoms with Crippen LogP contribution in [0.5, 0.6) is 11.5 Å². The lowest BCUT2D eigenvalue weighted by molar-refractivity contribution is 0.414. The van der Waals surface area contributed by atoms with E-state index in [1.807, 2.05) is 43.3 Å². The third kappa shape index (κ3) is 4.35. The highest BCUT2D eigenvalue weighted by Crippen LogP contribution is 2.33. The molecule has 1 N–H and O–H groups in total. The molecule has 0 saturated heterocycles. The maximum absolute atomic E-state index is 10.5. The molecule has 0 spiro atoms. The van der Waals surface area contributed by atoms with Gasteiger partial charge >= 0.3 is 0 Å². The molecule has 122 valence electrons. The Balaban J connectivity index is 2.20. The standard InChI is InChI=1S/C20H25NO2/c1-14-10-16(19(22)18(11-14)20(2,3)4)13-21-12-15-6-8-17(23-5)9-7-15/h6-11,13,22H,12H2,1-5H3. The quantitative estimate of drug-likeness (QED) is 0.837. The van der Waals surface area contributed by atoms with Crippen LogP contribution in [0.4, 0.5) is 0 Å². The number of phenolic OH excluding ortho intramolecular Hbond substituents is 1. The van der Waals surface area contributed by atoms with Crippen molar-refractivity contribution in [3.05, 3.63) is 58.7 Å². The van der Waals surface area contributed by atoms with Crippen molar-refractivity contribution in [3.8, 4) is 11.5 Å². The molecular formula is C20H25NO2. The van der Waals surface area contributed by atoms with Gasteiger partial charge in [-0.15, -0.1) is 0 Å². The number of methoxy groups -OCH3 is 1. The lowest BCUT2D eigenvalue weighted by Crippen LogP contribution is -2.12. The van der Waals surface area contributed by atoms with E-state index in [4.69, 9.17) is 4.74 Å². The first-order chi connectivity index (χ1) is 10.8. The van der Waals surface area contributed by atoms with Gasteiger partial charge in [0.25, 0.3) is 0 Å². The van der Waals surface area contributed by atoms with Gasteiger partial charge < -0.3 is 9.84 Å². The lowest BCUT2D eigenvalue weighted by atomic mass is 9.84. The summed E-state index contributed by atoms with van der Waals surface area (Å²) in [6, 6.07) is 11.8. The highest BCUT2D eigenvalue weighted by molar-refractivity contribution is 5.84. The van der Waals surface area contributed by atoms with E-state index in [1.165, 1.54) is 0 Å². The van der Waals surface area contributed by atoms with Gasteiger partial charge in [-0.05, 0) is 41.7 Å². The molecule has 0 radical (unpaired) electrons. The van der Waals surface area contributed by atoms with Crippen LogP contribution in [-0.4, -0.2) is 18.4 Å². The Labute approximate surface area is 138 Å². The van der Waals surface area contributed by atoms with Gasteiger partial charge in [0.05, 0.1) is 13.7 Å². The van der Waals surface area contributed by atoms with E-state index in [2.05, 4.69) is 25.8 Å². The van der Waals surface area contributed by atoms with E-state index in [9.17, 15) is 5.11 Å². The summed E-state index contributed by atoms with van der Waals surface area (Å²) in [6.07, 6.45) is 1.75. The van der Waals surface area contributed by atoms with E-state index >= 15 is 0 Å². The van der Waals surface area contributed by atoms with Crippen molar-refractivity contribution in [2.75, 3.05) is 7.11 Å². The van der Waals surface area contributed by atoms with E-state index in [1.54, 1.807) is 13.3 Å². The number of hydrogen-bond acceptors (Lipinski definition) is 3. The Bertz CT molecular complexity index is 695. The molecule has 0 aromatic heterocycles. The molecule has 0 aliphatic rings. The van der Waals surface area contributed by atoms with Crippen LogP contribution in [0.1, 0.15) is 43.0 Å². The molecule has 23 heavy (non-hydrogen) atoms. The molecule has 3 heteroatoms. The summed E-state index contributed by atoms with van der Waals surface area (Å²) >= 11 is 0. The molecule has 0 aliphatic carbocycles. The number of phenols is 1. The van der Waals surface area contributed by atoms with Crippen molar-refractivity contribution in [2.45, 2.75) is 39.7 Å². The van der Waals surface area contributed by atoms with Crippen molar-refractivity contribution in [3.63, 3.8) is 0 Å². The highest BCUT2D eigenvalue weighted by atomic mass is 16.5. The van der Waals surface area contributed by atoms with Crippen molar-refractivity contribution in [1.29, 1.82) is 0 Å². The Hall–Kier alpha value is -2.29. The fourth-order valence-electron chi connectivity index (χ4n) is 2.46. The van der Waals surface area contributed by atoms with Crippen LogP contribution in [0.2, 0.25) is 0 Å². The number of ether oxygens (including phenoxy) is 1. The number of hydrogen-bond donors (Lipinski definition) is 1. The first-order valence-corrected chi connectivity index (χ1v) is 7.78. The fraction of sp³-hybridized carbons (Fsp3) is 0.350. The summed E-state index contributed by atoms with van der Waals surface area (Å²) in [5.41, 5.74) is 3.84. The average Bonchev–Trinajstić information content (AvgIpc) is 2.50. The van der Waals surface area contributed by atoms with E-state index < -0.39 is 0 Å². The average molecular weight is 311 g/mol. The van der Waals surface area contributed by atoms with Crippen LogP contribution in [0.15, 0.2) is 41.4 Å². The van der Waals surface area contributed by atoms with Crippen molar-refractivity contribution in [1.82, 2.24) is 0 Å². The van der Waals surface area contributed by atoms with Crippen molar-refractivity contribution in [2.24, 2.45) is 4.99 Å². The van der Waals surface area contributed by atoms with Crippen LogP contribution < -0.4 is 4.74 Å². The zero-order valence-corrected chi connectivity index (χ0v) is 14.6. The fourth-order valence-corrected chi connectivity index (χ4v) is 2.46. The van der Waals surface area contributed by atoms with Crippen LogP contribution in [0.3, 0.4) is 0 Å². The molecule has 3 nitrogen and oxygen atoms in total. The maximum Gasteiger partial charge on any atom is 0.128 e. The molecule has 0 atom stereocenters. The van der Waals surface area contributed by atoms with Gasteiger partial charge in [0.15, 0.2) is 0 Å². The molecule has 0 amide bonds. The van der Waals surface area contributed by atoms with Gasteiger partial charge in [0.2, 0.25) is 0 Å². The minimum Gasteiger partial charge on any atom is -0.507 e. The number of benzene rings is 2. The number of nitrogens with zero attached hydrogens (tertiary/aromatic N) is 1. The highest BCUT2D eigenvalue weighted by Gasteiger charge is 2.20. The Morgan fingerprint density at radius 3 is 2.35 bits per heavy atom. The van der Waals surface area contributed by atoms with Crippen molar-refractivity contribution >= 4 is 6.21 Å². The van der Waals surface area contributed by atoms with Crippen LogP contribution in [-0.2, 0) is 12.0 Å². The topological polar surface area (TPSA) is 41.8 Å². The molecule has 0 unspecified atom stereocenters. The monoisotopic (exact) mass is 311 g/mol. The number of rotatable bonds is 4. The summed E-state index contributed by atoms with van der Waals surface area (Å²) in [7, 11) is 1.65. The van der Waals surface area contributed by atoms with E-state index in [-0.39, 0.29) is 5.41 Å². The number of aromatic hydroxyl groups is 1. The number of aryl methyl sites for hydroxylation is 1. The Kier molecular flexibility index (Phi) is 5.09. The molecule has 0 bridgehead atoms. The molecule has 0 heterocycles. The molecule has 2 aromatic rings. The van der Waals surface area contributed by atoms with Gasteiger partial charge in [0.1, 0.15) is 11.5 Å². The van der Waals surface area contributed by atoms with Crippen molar-refractivity contribution < 1.29 is 9.84 Å². The smallest absolute Gasteiger partial charge is 0.128 e. The summed E-state index contributed by atoms with van der Waals surface area (Å²) in [5.74, 6) is 1.16. The first kappa shape index (κ1) is 17.1. The largest absolute Gasteiger partial charge is 0.507 e. The van der Waals surface area contributed by atoms with Crippen LogP contribution >= 0.6 is 0 Å². The van der Waals surface area contributed by atoms with E-state index in [0.29, 0.717) is 12.3 Å². The van der Waals surface area contributed by atoms with Gasteiger partial charge in [-0.25, -0.2) is 0 Å². The normalized spacial score (nSPS) is 11.9. The third-order valence-corrected chi connectivity index (χ3v) is 3.76. The Morgan fingerprint density at radius 1 is 1.13 bits per heavy atom. The molecule has 0 fully saturated rings. The summed E-state index contributed by atoms with van der Waals surface area (Å²) in [5, 5.41) is 10.5. The minimum atomic E-state index is -0.103. The predicted octanol–water partition coefficient (Wildman–Crippen LogP) is 4.63. The maximum atomic E-state index is 10.5. The summed E-state index contributed by atoms with van der Waals surface area (Å²) in [6.45, 7) is 8.90. The zero-order valence-electron chi connectivity index (χ0n) is 14.6.